The predicted molar refractivity (Wildman–Crippen MR) is 49.5 cm³/mol. The van der Waals surface area contributed by atoms with E-state index in [-0.39, 0.29) is 17.7 Å². The minimum Gasteiger partial charge on any atom is -0.385 e. The Morgan fingerprint density at radius 1 is 1.62 bits per heavy atom. The van der Waals surface area contributed by atoms with Gasteiger partial charge >= 0.3 is 0 Å². The van der Waals surface area contributed by atoms with Crippen molar-refractivity contribution in [2.75, 3.05) is 19.6 Å². The zero-order chi connectivity index (χ0) is 9.84. The van der Waals surface area contributed by atoms with Crippen LogP contribution in [0.2, 0.25) is 0 Å². The van der Waals surface area contributed by atoms with Gasteiger partial charge in [0.15, 0.2) is 5.78 Å². The van der Waals surface area contributed by atoms with Crippen molar-refractivity contribution in [2.45, 2.75) is 26.0 Å². The predicted octanol–water partition coefficient (Wildman–Crippen LogP) is -0.851. The van der Waals surface area contributed by atoms with Crippen molar-refractivity contribution in [1.82, 2.24) is 10.6 Å². The maximum atomic E-state index is 11.6. The molecule has 4 nitrogen and oxygen atoms in total. The van der Waals surface area contributed by atoms with E-state index in [9.17, 15) is 9.90 Å². The highest BCUT2D eigenvalue weighted by Gasteiger charge is 2.28. The van der Waals surface area contributed by atoms with Crippen LogP contribution in [0.25, 0.3) is 0 Å². The molecule has 2 N–H and O–H groups in total. The summed E-state index contributed by atoms with van der Waals surface area (Å²) in [6.07, 6.45) is -0.867. The van der Waals surface area contributed by atoms with Crippen LogP contribution in [0.3, 0.4) is 0 Å². The van der Waals surface area contributed by atoms with Gasteiger partial charge in [0, 0.05) is 19.6 Å². The second-order valence-corrected chi connectivity index (χ2v) is 3.72. The van der Waals surface area contributed by atoms with Gasteiger partial charge in [-0.15, -0.1) is 0 Å². The lowest BCUT2D eigenvalue weighted by atomic mass is 9.97. The summed E-state index contributed by atoms with van der Waals surface area (Å²) in [5, 5.41) is 16.8. The van der Waals surface area contributed by atoms with Gasteiger partial charge in [-0.2, -0.15) is 0 Å². The van der Waals surface area contributed by atoms with E-state index in [2.05, 4.69) is 10.6 Å². The minimum absolute atomic E-state index is 0.0235. The Morgan fingerprint density at radius 3 is 2.77 bits per heavy atom. The van der Waals surface area contributed by atoms with E-state index in [1.807, 2.05) is 13.8 Å². The molecule has 0 spiro atoms. The molecule has 1 aliphatic heterocycles. The first-order valence-electron chi connectivity index (χ1n) is 4.72. The van der Waals surface area contributed by atoms with Gasteiger partial charge < -0.3 is 10.4 Å². The molecule has 1 rings (SSSR count). The molecule has 1 unspecified atom stereocenters. The van der Waals surface area contributed by atoms with Gasteiger partial charge in [-0.25, -0.2) is 5.32 Å². The number of Topliss-reactive ketones (excluding diaryl/α,β-unsaturated/α-hetero) is 1. The van der Waals surface area contributed by atoms with Gasteiger partial charge in [-0.1, -0.05) is 13.8 Å². The Labute approximate surface area is 78.7 Å². The average Bonchev–Trinajstić information content (AvgIpc) is 2.17. The third-order valence-corrected chi connectivity index (χ3v) is 2.23. The highest BCUT2D eigenvalue weighted by molar-refractivity contribution is 5.88. The number of nitrogens with one attached hydrogen (secondary N) is 1. The van der Waals surface area contributed by atoms with Gasteiger partial charge in [0.05, 0.1) is 6.04 Å². The zero-order valence-corrected chi connectivity index (χ0v) is 8.16. The van der Waals surface area contributed by atoms with E-state index >= 15 is 0 Å². The Bertz CT molecular complexity index is 176. The summed E-state index contributed by atoms with van der Waals surface area (Å²) in [5.41, 5.74) is 0. The molecule has 1 aliphatic rings. The molecule has 0 aromatic heterocycles. The van der Waals surface area contributed by atoms with Crippen molar-refractivity contribution in [3.05, 3.63) is 0 Å². The van der Waals surface area contributed by atoms with Crippen LogP contribution in [0.4, 0.5) is 0 Å². The number of nitrogens with zero attached hydrogens (tertiary/aromatic N) is 1. The second-order valence-electron chi connectivity index (χ2n) is 3.72. The van der Waals surface area contributed by atoms with E-state index in [4.69, 9.17) is 0 Å². The number of aliphatic hydroxyl groups is 1. The molecule has 0 bridgehead atoms. The lowest BCUT2D eigenvalue weighted by Gasteiger charge is -2.24. The van der Waals surface area contributed by atoms with Crippen molar-refractivity contribution in [3.63, 3.8) is 0 Å². The maximum Gasteiger partial charge on any atom is 0.181 e. The molecule has 13 heavy (non-hydrogen) atoms. The van der Waals surface area contributed by atoms with E-state index in [1.165, 1.54) is 0 Å². The lowest BCUT2D eigenvalue weighted by molar-refractivity contribution is -0.131. The third kappa shape index (κ3) is 2.76. The van der Waals surface area contributed by atoms with E-state index in [0.29, 0.717) is 13.1 Å². The Kier molecular flexibility index (Phi) is 3.84. The molecular formula is C9H17N2O2. The van der Waals surface area contributed by atoms with Crippen LogP contribution in [-0.4, -0.2) is 42.7 Å². The van der Waals surface area contributed by atoms with Gasteiger partial charge in [-0.3, -0.25) is 4.79 Å². The summed E-state index contributed by atoms with van der Waals surface area (Å²) in [7, 11) is 0. The Hall–Kier alpha value is -0.450. The van der Waals surface area contributed by atoms with E-state index in [0.717, 1.165) is 6.54 Å². The molecule has 0 amide bonds. The zero-order valence-electron chi connectivity index (χ0n) is 8.16. The first kappa shape index (κ1) is 10.6. The van der Waals surface area contributed by atoms with Gasteiger partial charge in [-0.05, 0) is 5.92 Å². The molecule has 1 heterocycles. The number of hydrogen-bond acceptors (Lipinski definition) is 3. The van der Waals surface area contributed by atoms with Gasteiger partial charge in [0.25, 0.3) is 0 Å². The number of rotatable bonds is 3. The SMILES string of the molecule is CC(C)[C@@H](O)C(=O)C1CNCC[N]1. The molecule has 0 aromatic carbocycles. The molecule has 2 atom stereocenters. The monoisotopic (exact) mass is 185 g/mol. The van der Waals surface area contributed by atoms with Crippen molar-refractivity contribution in [1.29, 1.82) is 0 Å². The molecule has 0 aromatic rings. The summed E-state index contributed by atoms with van der Waals surface area (Å²) in [5.74, 6) is -0.174. The third-order valence-electron chi connectivity index (χ3n) is 2.23. The average molecular weight is 185 g/mol. The maximum absolute atomic E-state index is 11.6. The molecule has 0 aliphatic carbocycles. The van der Waals surface area contributed by atoms with Gasteiger partial charge in [0.2, 0.25) is 0 Å². The second kappa shape index (κ2) is 4.69. The fourth-order valence-corrected chi connectivity index (χ4v) is 1.32. The van der Waals surface area contributed by atoms with Crippen molar-refractivity contribution < 1.29 is 9.90 Å². The summed E-state index contributed by atoms with van der Waals surface area (Å²) >= 11 is 0. The van der Waals surface area contributed by atoms with Crippen molar-refractivity contribution in [2.24, 2.45) is 5.92 Å². The highest BCUT2D eigenvalue weighted by atomic mass is 16.3. The standard InChI is InChI=1S/C9H17N2O2/c1-6(2)8(12)9(13)7-5-10-3-4-11-7/h6-8,10,12H,3-5H2,1-2H3/t7?,8-/m1/s1. The Morgan fingerprint density at radius 2 is 2.31 bits per heavy atom. The van der Waals surface area contributed by atoms with Crippen molar-refractivity contribution >= 4 is 5.78 Å². The first-order chi connectivity index (χ1) is 6.13. The van der Waals surface area contributed by atoms with E-state index in [1.54, 1.807) is 0 Å². The summed E-state index contributed by atoms with van der Waals surface area (Å²) in [6.45, 7) is 5.74. The molecule has 75 valence electrons. The quantitative estimate of drug-likeness (QED) is 0.602. The first-order valence-corrected chi connectivity index (χ1v) is 4.72. The highest BCUT2D eigenvalue weighted by Crippen LogP contribution is 2.06. The fraction of sp³-hybridized carbons (Fsp3) is 0.889. The summed E-state index contributed by atoms with van der Waals surface area (Å²) in [4.78, 5) is 11.6. The molecule has 1 saturated heterocycles. The largest absolute Gasteiger partial charge is 0.385 e. The number of carbonyl (C=O) groups is 1. The molecule has 4 heteroatoms. The normalized spacial score (nSPS) is 26.0. The number of piperazine rings is 1. The van der Waals surface area contributed by atoms with Crippen LogP contribution in [0.1, 0.15) is 13.8 Å². The van der Waals surface area contributed by atoms with Crippen LogP contribution < -0.4 is 10.6 Å². The lowest BCUT2D eigenvalue weighted by Crippen LogP contribution is -2.52. The Balaban J connectivity index is 2.45. The molecule has 0 saturated carbocycles. The number of carbonyl (C=O) groups excluding carboxylic acids is 1. The van der Waals surface area contributed by atoms with Crippen LogP contribution in [0, 0.1) is 5.92 Å². The molecular weight excluding hydrogens is 168 g/mol. The fourth-order valence-electron chi connectivity index (χ4n) is 1.32. The smallest absolute Gasteiger partial charge is 0.181 e. The van der Waals surface area contributed by atoms with Crippen molar-refractivity contribution in [3.8, 4) is 0 Å². The topological polar surface area (TPSA) is 63.4 Å². The van der Waals surface area contributed by atoms with Crippen LogP contribution in [0.15, 0.2) is 0 Å². The molecule has 1 fully saturated rings. The summed E-state index contributed by atoms with van der Waals surface area (Å²) in [6, 6.07) is -0.342. The van der Waals surface area contributed by atoms with E-state index < -0.39 is 6.10 Å². The summed E-state index contributed by atoms with van der Waals surface area (Å²) < 4.78 is 0. The van der Waals surface area contributed by atoms with Crippen LogP contribution >= 0.6 is 0 Å². The number of ketones is 1. The number of hydrogen-bond donors (Lipinski definition) is 2. The van der Waals surface area contributed by atoms with Gasteiger partial charge in [0.1, 0.15) is 6.10 Å². The van der Waals surface area contributed by atoms with Crippen LogP contribution in [-0.2, 0) is 4.79 Å². The van der Waals surface area contributed by atoms with Crippen LogP contribution in [0.5, 0.6) is 0 Å². The molecule has 1 radical (unpaired) electrons. The minimum atomic E-state index is -0.867. The number of aliphatic hydroxyl groups excluding tert-OH is 1.